The zero-order chi connectivity index (χ0) is 15.3. The number of hydrogen-bond acceptors (Lipinski definition) is 4. The van der Waals surface area contributed by atoms with Gasteiger partial charge in [-0.25, -0.2) is 0 Å². The van der Waals surface area contributed by atoms with Crippen molar-refractivity contribution in [3.8, 4) is 11.5 Å². The fourth-order valence-corrected chi connectivity index (χ4v) is 1.94. The van der Waals surface area contributed by atoms with Gasteiger partial charge in [-0.05, 0) is 45.4 Å². The van der Waals surface area contributed by atoms with Gasteiger partial charge in [0.1, 0.15) is 12.1 Å². The first-order valence-electron chi connectivity index (χ1n) is 6.63. The molecule has 0 heterocycles. The van der Waals surface area contributed by atoms with E-state index in [9.17, 15) is 4.79 Å². The molecule has 0 bridgehead atoms. The maximum absolute atomic E-state index is 11.6. The van der Waals surface area contributed by atoms with Crippen LogP contribution in [-0.2, 0) is 4.79 Å². The van der Waals surface area contributed by atoms with Gasteiger partial charge < -0.3 is 15.2 Å². The van der Waals surface area contributed by atoms with Crippen molar-refractivity contribution in [1.82, 2.24) is 5.32 Å². The Morgan fingerprint density at radius 2 is 2.05 bits per heavy atom. The predicted molar refractivity (Wildman–Crippen MR) is 79.1 cm³/mol. The Bertz CT molecular complexity index is 474. The third kappa shape index (κ3) is 4.13. The Balaban J connectivity index is 2.85. The fraction of sp³-hybridized carbons (Fsp3) is 0.533. The zero-order valence-corrected chi connectivity index (χ0v) is 12.8. The Hall–Kier alpha value is -1.75. The van der Waals surface area contributed by atoms with Crippen LogP contribution in [0.5, 0.6) is 11.5 Å². The average molecular weight is 280 g/mol. The first-order chi connectivity index (χ1) is 9.28. The van der Waals surface area contributed by atoms with Crippen molar-refractivity contribution in [3.63, 3.8) is 0 Å². The molecule has 1 unspecified atom stereocenters. The molecule has 1 aromatic carbocycles. The van der Waals surface area contributed by atoms with Crippen LogP contribution in [0, 0.1) is 6.92 Å². The summed E-state index contributed by atoms with van der Waals surface area (Å²) < 4.78 is 11.0. The molecule has 0 aliphatic rings. The summed E-state index contributed by atoms with van der Waals surface area (Å²) in [6, 6.07) is 5.75. The van der Waals surface area contributed by atoms with E-state index in [1.807, 2.05) is 39.0 Å². The predicted octanol–water partition coefficient (Wildman–Crippen LogP) is 1.62. The number of nitrogens with one attached hydrogen (secondary N) is 1. The third-order valence-electron chi connectivity index (χ3n) is 2.99. The molecule has 0 aliphatic carbocycles. The molecule has 1 atom stereocenters. The highest BCUT2D eigenvalue weighted by atomic mass is 16.5. The molecule has 0 fully saturated rings. The molecule has 0 radical (unpaired) electrons. The van der Waals surface area contributed by atoms with Crippen molar-refractivity contribution in [1.29, 1.82) is 0 Å². The molecule has 0 saturated carbocycles. The average Bonchev–Trinajstić information content (AvgIpc) is 2.36. The van der Waals surface area contributed by atoms with Crippen LogP contribution in [0.15, 0.2) is 18.2 Å². The van der Waals surface area contributed by atoms with Crippen LogP contribution in [0.1, 0.15) is 26.3 Å². The summed E-state index contributed by atoms with van der Waals surface area (Å²) >= 11 is 0. The van der Waals surface area contributed by atoms with Gasteiger partial charge >= 0.3 is 0 Å². The molecule has 0 spiro atoms. The van der Waals surface area contributed by atoms with Crippen LogP contribution in [0.25, 0.3) is 0 Å². The number of benzene rings is 1. The van der Waals surface area contributed by atoms with Gasteiger partial charge in [0.15, 0.2) is 11.5 Å². The smallest absolute Gasteiger partial charge is 0.240 e. The number of carbonyl (C=O) groups excluding carboxylic acids is 1. The highest BCUT2D eigenvalue weighted by Crippen LogP contribution is 2.28. The molecule has 3 N–H and O–H groups in total. The molecular weight excluding hydrogens is 256 g/mol. The number of aryl methyl sites for hydroxylation is 1. The number of amides is 1. The van der Waals surface area contributed by atoms with Crippen molar-refractivity contribution in [2.45, 2.75) is 39.3 Å². The van der Waals surface area contributed by atoms with E-state index < -0.39 is 11.4 Å². The van der Waals surface area contributed by atoms with Gasteiger partial charge in [0, 0.05) is 6.04 Å². The van der Waals surface area contributed by atoms with Crippen molar-refractivity contribution in [2.75, 3.05) is 13.7 Å². The molecule has 5 nitrogen and oxygen atoms in total. The van der Waals surface area contributed by atoms with Crippen LogP contribution in [0.3, 0.4) is 0 Å². The molecule has 1 aromatic rings. The maximum Gasteiger partial charge on any atom is 0.240 e. The molecule has 112 valence electrons. The quantitative estimate of drug-likeness (QED) is 0.796. The summed E-state index contributed by atoms with van der Waals surface area (Å²) in [5.41, 5.74) is 5.61. The molecule has 0 aromatic heterocycles. The largest absolute Gasteiger partial charge is 0.493 e. The van der Waals surface area contributed by atoms with Gasteiger partial charge in [0.05, 0.1) is 7.11 Å². The second kappa shape index (κ2) is 6.61. The van der Waals surface area contributed by atoms with E-state index in [1.165, 1.54) is 0 Å². The zero-order valence-electron chi connectivity index (χ0n) is 12.8. The molecule has 0 saturated heterocycles. The second-order valence-electron chi connectivity index (χ2n) is 5.44. The first-order valence-corrected chi connectivity index (χ1v) is 6.63. The van der Waals surface area contributed by atoms with E-state index in [0.717, 1.165) is 5.56 Å². The van der Waals surface area contributed by atoms with Crippen LogP contribution >= 0.6 is 0 Å². The molecule has 5 heteroatoms. The Kier molecular flexibility index (Phi) is 5.39. The van der Waals surface area contributed by atoms with Crippen molar-refractivity contribution >= 4 is 5.91 Å². The van der Waals surface area contributed by atoms with E-state index in [0.29, 0.717) is 11.5 Å². The van der Waals surface area contributed by atoms with Crippen molar-refractivity contribution < 1.29 is 14.3 Å². The summed E-state index contributed by atoms with van der Waals surface area (Å²) in [5, 5.41) is 3.13. The van der Waals surface area contributed by atoms with Gasteiger partial charge in [-0.15, -0.1) is 0 Å². The normalized spacial score (nSPS) is 13.9. The van der Waals surface area contributed by atoms with Gasteiger partial charge in [0.25, 0.3) is 0 Å². The van der Waals surface area contributed by atoms with Crippen LogP contribution in [0.2, 0.25) is 0 Å². The second-order valence-corrected chi connectivity index (χ2v) is 5.44. The van der Waals surface area contributed by atoms with E-state index in [-0.39, 0.29) is 12.6 Å². The Morgan fingerprint density at radius 3 is 2.55 bits per heavy atom. The number of primary amides is 1. The van der Waals surface area contributed by atoms with Crippen LogP contribution in [-0.4, -0.2) is 31.2 Å². The highest BCUT2D eigenvalue weighted by Gasteiger charge is 2.32. The number of ether oxygens (including phenoxy) is 2. The standard InChI is InChI=1S/C15H24N2O3/c1-10(2)17-15(4,14(16)18)9-20-12-7-6-11(3)8-13(12)19-5/h6-8,10,17H,9H2,1-5H3,(H2,16,18). The lowest BCUT2D eigenvalue weighted by Crippen LogP contribution is -2.59. The first kappa shape index (κ1) is 16.3. The molecule has 0 aliphatic heterocycles. The lowest BCUT2D eigenvalue weighted by Gasteiger charge is -2.29. The molecular formula is C15H24N2O3. The molecule has 1 rings (SSSR count). The molecule has 1 amide bonds. The lowest BCUT2D eigenvalue weighted by molar-refractivity contribution is -0.125. The maximum atomic E-state index is 11.6. The monoisotopic (exact) mass is 280 g/mol. The van der Waals surface area contributed by atoms with Crippen LogP contribution in [0.4, 0.5) is 0 Å². The Labute approximate surface area is 120 Å². The topological polar surface area (TPSA) is 73.6 Å². The summed E-state index contributed by atoms with van der Waals surface area (Å²) in [6.45, 7) is 7.75. The number of nitrogens with two attached hydrogens (primary N) is 1. The van der Waals surface area contributed by atoms with Crippen LogP contribution < -0.4 is 20.5 Å². The minimum Gasteiger partial charge on any atom is -0.493 e. The van der Waals surface area contributed by atoms with Crippen molar-refractivity contribution in [3.05, 3.63) is 23.8 Å². The van der Waals surface area contributed by atoms with E-state index in [2.05, 4.69) is 5.32 Å². The summed E-state index contributed by atoms with van der Waals surface area (Å²) in [6.07, 6.45) is 0. The fourth-order valence-electron chi connectivity index (χ4n) is 1.94. The minimum absolute atomic E-state index is 0.121. The third-order valence-corrected chi connectivity index (χ3v) is 2.99. The van der Waals surface area contributed by atoms with Gasteiger partial charge in [-0.3, -0.25) is 10.1 Å². The summed E-state index contributed by atoms with van der Waals surface area (Å²) in [5.74, 6) is 0.787. The Morgan fingerprint density at radius 1 is 1.40 bits per heavy atom. The SMILES string of the molecule is COc1cc(C)ccc1OCC(C)(NC(C)C)C(N)=O. The van der Waals surface area contributed by atoms with Crippen molar-refractivity contribution in [2.24, 2.45) is 5.73 Å². The minimum atomic E-state index is -0.927. The van der Waals surface area contributed by atoms with Gasteiger partial charge in [-0.2, -0.15) is 0 Å². The number of methoxy groups -OCH3 is 1. The summed E-state index contributed by atoms with van der Waals surface area (Å²) in [7, 11) is 1.58. The van der Waals surface area contributed by atoms with Gasteiger partial charge in [0.2, 0.25) is 5.91 Å². The van der Waals surface area contributed by atoms with E-state index >= 15 is 0 Å². The lowest BCUT2D eigenvalue weighted by atomic mass is 10.0. The highest BCUT2D eigenvalue weighted by molar-refractivity contribution is 5.84. The molecule has 20 heavy (non-hydrogen) atoms. The van der Waals surface area contributed by atoms with Gasteiger partial charge in [-0.1, -0.05) is 6.07 Å². The van der Waals surface area contributed by atoms with E-state index in [4.69, 9.17) is 15.2 Å². The number of hydrogen-bond donors (Lipinski definition) is 2. The van der Waals surface area contributed by atoms with E-state index in [1.54, 1.807) is 14.0 Å². The number of rotatable bonds is 7. The number of carbonyl (C=O) groups is 1. The summed E-state index contributed by atoms with van der Waals surface area (Å²) in [4.78, 5) is 11.6.